The Labute approximate surface area is 111 Å². The summed E-state index contributed by atoms with van der Waals surface area (Å²) in [7, 11) is 0. The fraction of sp³-hybridized carbons (Fsp3) is 0.692. The molecule has 0 amide bonds. The van der Waals surface area contributed by atoms with Crippen LogP contribution in [0.2, 0.25) is 0 Å². The van der Waals surface area contributed by atoms with Crippen molar-refractivity contribution in [1.29, 1.82) is 0 Å². The lowest BCUT2D eigenvalue weighted by Gasteiger charge is -2.15. The molecule has 2 aliphatic rings. The van der Waals surface area contributed by atoms with E-state index in [0.717, 1.165) is 25.9 Å². The molecule has 3 unspecified atom stereocenters. The van der Waals surface area contributed by atoms with Gasteiger partial charge in [0.2, 0.25) is 0 Å². The first kappa shape index (κ1) is 12.5. The van der Waals surface area contributed by atoms with Crippen molar-refractivity contribution in [2.24, 2.45) is 11.8 Å². The first-order valence-electron chi connectivity index (χ1n) is 6.74. The second-order valence-electron chi connectivity index (χ2n) is 5.21. The maximum Gasteiger partial charge on any atom is 0.360 e. The van der Waals surface area contributed by atoms with Crippen molar-refractivity contribution in [1.82, 2.24) is 4.98 Å². The molecule has 2 fully saturated rings. The number of aromatic nitrogens is 1. The number of ether oxygens (including phenoxy) is 1. The number of aliphatic hydroxyl groups excluding tert-OH is 1. The number of anilines is 1. The summed E-state index contributed by atoms with van der Waals surface area (Å²) in [6.45, 7) is 3.65. The number of aliphatic hydroxyl groups is 1. The van der Waals surface area contributed by atoms with Crippen LogP contribution >= 0.6 is 0 Å². The van der Waals surface area contributed by atoms with Gasteiger partial charge < -0.3 is 19.2 Å². The molecule has 3 rings (SSSR count). The third-order valence-corrected chi connectivity index (χ3v) is 4.07. The third kappa shape index (κ3) is 2.20. The Bertz CT molecular complexity index is 473. The van der Waals surface area contributed by atoms with E-state index in [-0.39, 0.29) is 11.8 Å². The molecule has 1 aliphatic heterocycles. The van der Waals surface area contributed by atoms with E-state index in [1.807, 2.05) is 4.90 Å². The summed E-state index contributed by atoms with van der Waals surface area (Å²) >= 11 is 0. The predicted octanol–water partition coefficient (Wildman–Crippen LogP) is 1.06. The SMILES string of the molecule is CCOC(=O)c1coc(N2CC3CCC(O)C3C2)n1. The molecule has 1 aromatic heterocycles. The zero-order valence-electron chi connectivity index (χ0n) is 10.9. The Morgan fingerprint density at radius 3 is 3.16 bits per heavy atom. The highest BCUT2D eigenvalue weighted by Crippen LogP contribution is 2.39. The summed E-state index contributed by atoms with van der Waals surface area (Å²) < 4.78 is 10.2. The molecule has 1 aliphatic carbocycles. The highest BCUT2D eigenvalue weighted by Gasteiger charge is 2.43. The quantitative estimate of drug-likeness (QED) is 0.824. The Morgan fingerprint density at radius 2 is 2.42 bits per heavy atom. The van der Waals surface area contributed by atoms with Crippen molar-refractivity contribution in [3.8, 4) is 0 Å². The van der Waals surface area contributed by atoms with Crippen molar-refractivity contribution < 1.29 is 19.1 Å². The van der Waals surface area contributed by atoms with Crippen LogP contribution in [0.25, 0.3) is 0 Å². The molecule has 104 valence electrons. The molecule has 1 aromatic rings. The Kier molecular flexibility index (Phi) is 3.18. The van der Waals surface area contributed by atoms with Crippen molar-refractivity contribution >= 4 is 12.0 Å². The van der Waals surface area contributed by atoms with Crippen LogP contribution in [0, 0.1) is 11.8 Å². The van der Waals surface area contributed by atoms with E-state index in [0.29, 0.717) is 24.5 Å². The van der Waals surface area contributed by atoms with Crippen LogP contribution in [-0.4, -0.2) is 41.9 Å². The second kappa shape index (κ2) is 4.85. The normalized spacial score (nSPS) is 29.6. The standard InChI is InChI=1S/C13H18N2O4/c1-2-18-12(17)10-7-19-13(14-10)15-5-8-3-4-11(16)9(8)6-15/h7-9,11,16H,2-6H2,1H3. The molecule has 1 N–H and O–H groups in total. The number of hydrogen-bond acceptors (Lipinski definition) is 6. The van der Waals surface area contributed by atoms with Gasteiger partial charge in [-0.2, -0.15) is 4.98 Å². The van der Waals surface area contributed by atoms with Crippen molar-refractivity contribution in [3.05, 3.63) is 12.0 Å². The largest absolute Gasteiger partial charge is 0.461 e. The predicted molar refractivity (Wildman–Crippen MR) is 66.9 cm³/mol. The number of rotatable bonds is 3. The van der Waals surface area contributed by atoms with Crippen LogP contribution in [0.1, 0.15) is 30.3 Å². The smallest absolute Gasteiger partial charge is 0.360 e. The zero-order chi connectivity index (χ0) is 13.4. The molecule has 1 saturated heterocycles. The summed E-state index contributed by atoms with van der Waals surface area (Å²) in [5.41, 5.74) is 0.203. The molecule has 6 nitrogen and oxygen atoms in total. The highest BCUT2D eigenvalue weighted by atomic mass is 16.5. The molecule has 3 atom stereocenters. The minimum atomic E-state index is -0.461. The number of nitrogens with zero attached hydrogens (tertiary/aromatic N) is 2. The van der Waals surface area contributed by atoms with Gasteiger partial charge in [0, 0.05) is 19.0 Å². The van der Waals surface area contributed by atoms with Gasteiger partial charge in [-0.05, 0) is 25.7 Å². The molecule has 2 heterocycles. The van der Waals surface area contributed by atoms with Crippen molar-refractivity contribution in [3.63, 3.8) is 0 Å². The Morgan fingerprint density at radius 1 is 1.58 bits per heavy atom. The van der Waals surface area contributed by atoms with Gasteiger partial charge in [0.05, 0.1) is 12.7 Å². The van der Waals surface area contributed by atoms with Gasteiger partial charge in [0.15, 0.2) is 5.69 Å². The van der Waals surface area contributed by atoms with E-state index in [4.69, 9.17) is 9.15 Å². The van der Waals surface area contributed by atoms with Gasteiger partial charge in [-0.3, -0.25) is 0 Å². The fourth-order valence-electron chi connectivity index (χ4n) is 3.10. The van der Waals surface area contributed by atoms with Crippen molar-refractivity contribution in [2.75, 3.05) is 24.6 Å². The van der Waals surface area contributed by atoms with E-state index < -0.39 is 5.97 Å². The number of esters is 1. The molecule has 0 aromatic carbocycles. The first-order chi connectivity index (χ1) is 9.19. The van der Waals surface area contributed by atoms with Crippen LogP contribution in [0.15, 0.2) is 10.7 Å². The Balaban J connectivity index is 1.69. The number of carbonyl (C=O) groups excluding carboxylic acids is 1. The van der Waals surface area contributed by atoms with E-state index in [1.165, 1.54) is 6.26 Å². The zero-order valence-corrected chi connectivity index (χ0v) is 10.9. The lowest BCUT2D eigenvalue weighted by Crippen LogP contribution is -2.24. The molecule has 6 heteroatoms. The summed E-state index contributed by atoms with van der Waals surface area (Å²) in [5.74, 6) is 0.350. The second-order valence-corrected chi connectivity index (χ2v) is 5.21. The monoisotopic (exact) mass is 266 g/mol. The lowest BCUT2D eigenvalue weighted by atomic mass is 10.00. The van der Waals surface area contributed by atoms with Crippen LogP contribution < -0.4 is 4.90 Å². The summed E-state index contributed by atoms with van der Waals surface area (Å²) in [4.78, 5) is 17.7. The first-order valence-corrected chi connectivity index (χ1v) is 6.74. The minimum Gasteiger partial charge on any atom is -0.461 e. The van der Waals surface area contributed by atoms with Crippen molar-refractivity contribution in [2.45, 2.75) is 25.9 Å². The lowest BCUT2D eigenvalue weighted by molar-refractivity contribution is 0.0519. The number of carbonyl (C=O) groups is 1. The van der Waals surface area contributed by atoms with Gasteiger partial charge in [0.1, 0.15) is 6.26 Å². The molecule has 1 saturated carbocycles. The number of fused-ring (bicyclic) bond motifs is 1. The molecular weight excluding hydrogens is 248 g/mol. The topological polar surface area (TPSA) is 75.8 Å². The van der Waals surface area contributed by atoms with Gasteiger partial charge in [-0.1, -0.05) is 0 Å². The maximum absolute atomic E-state index is 11.5. The summed E-state index contributed by atoms with van der Waals surface area (Å²) in [6.07, 6.45) is 3.06. The average molecular weight is 266 g/mol. The van der Waals surface area contributed by atoms with Crippen LogP contribution in [0.4, 0.5) is 6.01 Å². The van der Waals surface area contributed by atoms with Crippen LogP contribution in [-0.2, 0) is 4.74 Å². The van der Waals surface area contributed by atoms with Gasteiger partial charge in [-0.15, -0.1) is 0 Å². The van der Waals surface area contributed by atoms with Gasteiger partial charge in [0.25, 0.3) is 6.01 Å². The van der Waals surface area contributed by atoms with E-state index in [9.17, 15) is 9.90 Å². The molecule has 0 radical (unpaired) electrons. The minimum absolute atomic E-state index is 0.203. The van der Waals surface area contributed by atoms with Crippen LogP contribution in [0.3, 0.4) is 0 Å². The van der Waals surface area contributed by atoms with Gasteiger partial charge >= 0.3 is 5.97 Å². The van der Waals surface area contributed by atoms with E-state index >= 15 is 0 Å². The maximum atomic E-state index is 11.5. The summed E-state index contributed by atoms with van der Waals surface area (Å²) in [5, 5.41) is 9.88. The fourth-order valence-corrected chi connectivity index (χ4v) is 3.10. The third-order valence-electron chi connectivity index (χ3n) is 4.07. The Hall–Kier alpha value is -1.56. The van der Waals surface area contributed by atoms with Crippen LogP contribution in [0.5, 0.6) is 0 Å². The highest BCUT2D eigenvalue weighted by molar-refractivity contribution is 5.87. The number of oxazole rings is 1. The van der Waals surface area contributed by atoms with E-state index in [2.05, 4.69) is 4.98 Å². The molecular formula is C13H18N2O4. The molecule has 0 bridgehead atoms. The number of hydrogen-bond donors (Lipinski definition) is 1. The van der Waals surface area contributed by atoms with E-state index in [1.54, 1.807) is 6.92 Å². The molecule has 19 heavy (non-hydrogen) atoms. The van der Waals surface area contributed by atoms with Gasteiger partial charge in [-0.25, -0.2) is 4.79 Å². The average Bonchev–Trinajstić information content (AvgIpc) is 3.06. The summed E-state index contributed by atoms with van der Waals surface area (Å²) in [6, 6.07) is 0.449. The molecule has 0 spiro atoms.